The molecule has 0 N–H and O–H groups in total. The van der Waals surface area contributed by atoms with Crippen LogP contribution in [0.2, 0.25) is 0 Å². The number of rotatable bonds is 5. The Hall–Kier alpha value is -11.2. The lowest BCUT2D eigenvalue weighted by Crippen LogP contribution is -1.92. The summed E-state index contributed by atoms with van der Waals surface area (Å²) in [6, 6.07) is 97.7. The van der Waals surface area contributed by atoms with Gasteiger partial charge in [-0.25, -0.2) is 9.97 Å². The quantitative estimate of drug-likeness (QED) is 0.161. The molecule has 0 saturated heterocycles. The van der Waals surface area contributed by atoms with Gasteiger partial charge in [0.15, 0.2) is 0 Å². The summed E-state index contributed by atoms with van der Waals surface area (Å²) in [5.74, 6) is 0. The van der Waals surface area contributed by atoms with Gasteiger partial charge in [-0.15, -0.1) is 0 Å². The minimum absolute atomic E-state index is 0.893. The van der Waals surface area contributed by atoms with E-state index in [9.17, 15) is 0 Å². The van der Waals surface area contributed by atoms with Crippen molar-refractivity contribution in [2.45, 2.75) is 0 Å². The van der Waals surface area contributed by atoms with Gasteiger partial charge in [0.05, 0.1) is 33.5 Å². The molecule has 0 atom stereocenters. The van der Waals surface area contributed by atoms with Gasteiger partial charge < -0.3 is 0 Å². The maximum absolute atomic E-state index is 5.40. The molecule has 14 aromatic carbocycles. The lowest BCUT2D eigenvalue weighted by Gasteiger charge is -2.16. The van der Waals surface area contributed by atoms with E-state index in [0.29, 0.717) is 0 Å². The molecule has 0 fully saturated rings. The molecule has 18 rings (SSSR count). The Kier molecular flexibility index (Phi) is 10.1. The molecule has 0 aliphatic heterocycles. The lowest BCUT2D eigenvalue weighted by molar-refractivity contribution is 1.37. The first kappa shape index (κ1) is 46.5. The second kappa shape index (κ2) is 18.2. The van der Waals surface area contributed by atoms with Crippen LogP contribution in [-0.4, -0.2) is 19.9 Å². The molecule has 4 heterocycles. The number of aromatic nitrogens is 4. The predicted molar refractivity (Wildman–Crippen MR) is 355 cm³/mol. The lowest BCUT2D eigenvalue weighted by atomic mass is 9.88. The van der Waals surface area contributed by atoms with Gasteiger partial charge in [-0.3, -0.25) is 9.97 Å². The molecule has 4 aromatic heterocycles. The summed E-state index contributed by atoms with van der Waals surface area (Å²) in [5.41, 5.74) is 14.7. The van der Waals surface area contributed by atoms with Gasteiger partial charge in [0.2, 0.25) is 0 Å². The third-order valence-electron chi connectivity index (χ3n) is 17.9. The Morgan fingerprint density at radius 2 is 0.571 bits per heavy atom. The molecule has 0 saturated carbocycles. The van der Waals surface area contributed by atoms with Crippen LogP contribution in [0.1, 0.15) is 0 Å². The van der Waals surface area contributed by atoms with Crippen LogP contribution in [-0.2, 0) is 0 Å². The van der Waals surface area contributed by atoms with E-state index in [1.165, 1.54) is 108 Å². The van der Waals surface area contributed by atoms with Crippen molar-refractivity contribution >= 4 is 130 Å². The third-order valence-corrected chi connectivity index (χ3v) is 17.9. The number of nitrogens with zero attached hydrogens (tertiary/aromatic N) is 4. The van der Waals surface area contributed by atoms with Crippen molar-refractivity contribution in [1.82, 2.24) is 19.9 Å². The average Bonchev–Trinajstić information content (AvgIpc) is 2.83. The van der Waals surface area contributed by atoms with Crippen molar-refractivity contribution in [2.24, 2.45) is 0 Å². The summed E-state index contributed by atoms with van der Waals surface area (Å²) in [5, 5.41) is 24.1. The molecule has 84 heavy (non-hydrogen) atoms. The van der Waals surface area contributed by atoms with Gasteiger partial charge >= 0.3 is 0 Å². The first-order valence-electron chi connectivity index (χ1n) is 28.7. The fraction of sp³-hybridized carbons (Fsp3) is 0. The van der Waals surface area contributed by atoms with Crippen LogP contribution in [0, 0.1) is 0 Å². The zero-order valence-electron chi connectivity index (χ0n) is 45.3. The molecule has 0 unspecified atom stereocenters. The first-order chi connectivity index (χ1) is 41.6. The largest absolute Gasteiger partial charge is 0.254 e. The number of hydrogen-bond acceptors (Lipinski definition) is 4. The van der Waals surface area contributed by atoms with Crippen molar-refractivity contribution in [1.29, 1.82) is 0 Å². The van der Waals surface area contributed by atoms with E-state index >= 15 is 0 Å². The fourth-order valence-corrected chi connectivity index (χ4v) is 13.8. The Bertz CT molecular complexity index is 5830. The van der Waals surface area contributed by atoms with Gasteiger partial charge in [-0.1, -0.05) is 206 Å². The summed E-state index contributed by atoms with van der Waals surface area (Å²) in [4.78, 5) is 20.4. The molecule has 4 nitrogen and oxygen atoms in total. The molecule has 0 radical (unpaired) electrons. The summed E-state index contributed by atoms with van der Waals surface area (Å²) in [6.07, 6.45) is 3.74. The van der Waals surface area contributed by atoms with Gasteiger partial charge in [-0.05, 0) is 180 Å². The number of benzene rings is 14. The molecule has 18 aromatic rings. The van der Waals surface area contributed by atoms with Crippen molar-refractivity contribution in [3.8, 4) is 55.9 Å². The Morgan fingerprint density at radius 3 is 1.23 bits per heavy atom. The highest BCUT2D eigenvalue weighted by atomic mass is 14.8. The number of hydrogen-bond donors (Lipinski definition) is 0. The molecule has 0 aliphatic carbocycles. The molecule has 0 amide bonds. The van der Waals surface area contributed by atoms with Gasteiger partial charge in [0, 0.05) is 45.1 Å². The SMILES string of the molecule is c1cnc2c(c1)ccc1ccc(-c3ccc(-c4ccc5c6ccc(-c7cc8ccc(-c9ccc%10cc(-c%11ccc%12c%13ccccc%13c%13ccccc%13c%12c%11)ccc%10c9)nc8c8ncccc78)cc6c6ccccc6c5c4)c4ccccc34)nc12. The van der Waals surface area contributed by atoms with E-state index in [2.05, 4.69) is 255 Å². The summed E-state index contributed by atoms with van der Waals surface area (Å²) < 4.78 is 0. The van der Waals surface area contributed by atoms with Crippen molar-refractivity contribution in [2.75, 3.05) is 0 Å². The molecule has 386 valence electrons. The van der Waals surface area contributed by atoms with E-state index in [1.54, 1.807) is 0 Å². The van der Waals surface area contributed by atoms with E-state index in [4.69, 9.17) is 19.9 Å². The van der Waals surface area contributed by atoms with Gasteiger partial charge in [-0.2, -0.15) is 0 Å². The van der Waals surface area contributed by atoms with Crippen molar-refractivity contribution in [3.63, 3.8) is 0 Å². The molecule has 0 aliphatic rings. The normalized spacial score (nSPS) is 12.0. The van der Waals surface area contributed by atoms with Gasteiger partial charge in [0.25, 0.3) is 0 Å². The highest BCUT2D eigenvalue weighted by Gasteiger charge is 2.19. The molecular formula is C80H46N4. The van der Waals surface area contributed by atoms with Crippen LogP contribution in [0.4, 0.5) is 0 Å². The topological polar surface area (TPSA) is 51.6 Å². The summed E-state index contributed by atoms with van der Waals surface area (Å²) in [7, 11) is 0. The molecule has 0 bridgehead atoms. The fourth-order valence-electron chi connectivity index (χ4n) is 13.8. The summed E-state index contributed by atoms with van der Waals surface area (Å²) >= 11 is 0. The standard InChI is InChI=1S/C80H46N4/c1-5-16-62-58(12-1)57(35-36-69(62)76-38-30-48-22-21-47-11-9-39-81-77(47)78(48)84-76)53-28-33-67-68-34-29-54(45-74(68)65-19-8-7-18-64(65)73(67)44-53)71-46-56-31-37-75(83-79(56)80-70(71)20-10-40-82-80)55-26-25-49-41-50(23-24-51(49)42-55)52-27-32-66-61-15-3-2-13-59(61)60-14-4-6-17-63(60)72(66)43-52/h1-46H. The summed E-state index contributed by atoms with van der Waals surface area (Å²) in [6.45, 7) is 0. The minimum Gasteiger partial charge on any atom is -0.254 e. The monoisotopic (exact) mass is 1060 g/mol. The zero-order chi connectivity index (χ0) is 55.0. The molecule has 4 heteroatoms. The molecule has 0 spiro atoms. The van der Waals surface area contributed by atoms with Crippen LogP contribution in [0.25, 0.3) is 186 Å². The maximum atomic E-state index is 5.40. The number of pyridine rings is 4. The number of fused-ring (bicyclic) bond motifs is 20. The van der Waals surface area contributed by atoms with E-state index < -0.39 is 0 Å². The second-order valence-corrected chi connectivity index (χ2v) is 22.4. The van der Waals surface area contributed by atoms with E-state index in [0.717, 1.165) is 77.3 Å². The van der Waals surface area contributed by atoms with Crippen LogP contribution in [0.3, 0.4) is 0 Å². The van der Waals surface area contributed by atoms with E-state index in [1.807, 2.05) is 24.5 Å². The second-order valence-electron chi connectivity index (χ2n) is 22.4. The van der Waals surface area contributed by atoms with E-state index in [-0.39, 0.29) is 0 Å². The van der Waals surface area contributed by atoms with Crippen LogP contribution in [0.15, 0.2) is 279 Å². The van der Waals surface area contributed by atoms with Crippen molar-refractivity contribution in [3.05, 3.63) is 279 Å². The van der Waals surface area contributed by atoms with Crippen molar-refractivity contribution < 1.29 is 0 Å². The predicted octanol–water partition coefficient (Wildman–Crippen LogP) is 21.4. The zero-order valence-corrected chi connectivity index (χ0v) is 45.3. The smallest absolute Gasteiger partial charge is 0.0972 e. The van der Waals surface area contributed by atoms with Gasteiger partial charge in [0.1, 0.15) is 0 Å². The first-order valence-corrected chi connectivity index (χ1v) is 28.7. The Labute approximate surface area is 482 Å². The third kappa shape index (κ3) is 7.14. The van der Waals surface area contributed by atoms with Crippen LogP contribution in [0.5, 0.6) is 0 Å². The van der Waals surface area contributed by atoms with Crippen LogP contribution < -0.4 is 0 Å². The Morgan fingerprint density at radius 1 is 0.179 bits per heavy atom. The highest BCUT2D eigenvalue weighted by molar-refractivity contribution is 6.28. The average molecular weight is 1060 g/mol. The maximum Gasteiger partial charge on any atom is 0.0972 e. The highest BCUT2D eigenvalue weighted by Crippen LogP contribution is 2.44. The molecular weight excluding hydrogens is 1020 g/mol. The Balaban J connectivity index is 0.696. The van der Waals surface area contributed by atoms with Crippen LogP contribution >= 0.6 is 0 Å². The minimum atomic E-state index is 0.893.